The van der Waals surface area contributed by atoms with Gasteiger partial charge in [-0.05, 0) is 19.3 Å². The first-order chi connectivity index (χ1) is 7.17. The first kappa shape index (κ1) is 11.9. The van der Waals surface area contributed by atoms with Gasteiger partial charge in [0.1, 0.15) is 5.78 Å². The molecule has 0 amide bonds. The van der Waals surface area contributed by atoms with Gasteiger partial charge >= 0.3 is 6.98 Å². The summed E-state index contributed by atoms with van der Waals surface area (Å²) in [6.45, 7) is -5.09. The lowest BCUT2D eigenvalue weighted by Gasteiger charge is -2.55. The number of ketones is 1. The molecule has 1 spiro atoms. The summed E-state index contributed by atoms with van der Waals surface area (Å²) in [5, 5.41) is 0. The van der Waals surface area contributed by atoms with Gasteiger partial charge in [0.25, 0.3) is 0 Å². The highest BCUT2D eigenvalue weighted by molar-refractivity contribution is 6.62. The average Bonchev–Trinajstić information content (AvgIpc) is 2.12. The third-order valence-corrected chi connectivity index (χ3v) is 4.00. The molecule has 0 N–H and O–H groups in total. The molecule has 0 aromatic rings. The van der Waals surface area contributed by atoms with Crippen molar-refractivity contribution in [3.8, 4) is 0 Å². The molecular weight excluding hydrogens is 230 g/mol. The fraction of sp³-hybridized carbons (Fsp3) is 0.889. The molecule has 0 saturated heterocycles. The number of rotatable bonds is 1. The van der Waals surface area contributed by atoms with E-state index in [2.05, 4.69) is 0 Å². The average molecular weight is 241 g/mol. The van der Waals surface area contributed by atoms with Crippen molar-refractivity contribution in [1.82, 2.24) is 0 Å². The molecule has 2 aliphatic rings. The highest BCUT2D eigenvalue weighted by atomic mass is 19.4. The number of hydrogen-bond acceptors (Lipinski definition) is 1. The standard InChI is InChI=1S/C9H11BF5O/c11-9(12)3-1-8(2-4-9)6(5-7(8)16)10(13,14)15/h6H,1-5H2/q-1. The molecule has 1 atom stereocenters. The lowest BCUT2D eigenvalue weighted by atomic mass is 9.42. The summed E-state index contributed by atoms with van der Waals surface area (Å²) in [6.07, 6.45) is -2.33. The molecule has 2 aliphatic carbocycles. The van der Waals surface area contributed by atoms with E-state index in [1.165, 1.54) is 0 Å². The molecule has 0 bridgehead atoms. The van der Waals surface area contributed by atoms with E-state index in [-0.39, 0.29) is 12.8 Å². The minimum absolute atomic E-state index is 0.315. The van der Waals surface area contributed by atoms with Crippen molar-refractivity contribution in [1.29, 1.82) is 0 Å². The maximum atomic E-state index is 12.9. The summed E-state index contributed by atoms with van der Waals surface area (Å²) in [6, 6.07) is 0. The van der Waals surface area contributed by atoms with E-state index in [1.54, 1.807) is 0 Å². The van der Waals surface area contributed by atoms with Gasteiger partial charge in [-0.3, -0.25) is 4.79 Å². The normalized spacial score (nSPS) is 32.6. The lowest BCUT2D eigenvalue weighted by Crippen LogP contribution is -2.56. The summed E-state index contributed by atoms with van der Waals surface area (Å²) >= 11 is 0. The Morgan fingerprint density at radius 2 is 1.56 bits per heavy atom. The minimum Gasteiger partial charge on any atom is -0.449 e. The number of halogens is 5. The minimum atomic E-state index is -5.09. The molecule has 0 aromatic heterocycles. The van der Waals surface area contributed by atoms with Crippen LogP contribution in [0.5, 0.6) is 0 Å². The van der Waals surface area contributed by atoms with Crippen LogP contribution in [0.1, 0.15) is 32.1 Å². The summed E-state index contributed by atoms with van der Waals surface area (Å²) in [5.74, 6) is -5.02. The molecule has 16 heavy (non-hydrogen) atoms. The van der Waals surface area contributed by atoms with Crippen LogP contribution < -0.4 is 0 Å². The topological polar surface area (TPSA) is 17.1 Å². The monoisotopic (exact) mass is 241 g/mol. The smallest absolute Gasteiger partial charge is 0.449 e. The zero-order chi connectivity index (χ0) is 12.2. The first-order valence-electron chi connectivity index (χ1n) is 5.28. The van der Waals surface area contributed by atoms with Crippen LogP contribution in [0.15, 0.2) is 0 Å². The van der Waals surface area contributed by atoms with Gasteiger partial charge in [-0.1, -0.05) is 5.82 Å². The second kappa shape index (κ2) is 3.20. The van der Waals surface area contributed by atoms with E-state index in [0.29, 0.717) is 0 Å². The zero-order valence-electron chi connectivity index (χ0n) is 8.49. The fourth-order valence-electron chi connectivity index (χ4n) is 2.88. The maximum Gasteiger partial charge on any atom is 0.482 e. The Balaban J connectivity index is 2.16. The SMILES string of the molecule is O=C1CC([B-](F)(F)F)C12CCC(F)(F)CC2. The van der Waals surface area contributed by atoms with Crippen molar-refractivity contribution in [2.75, 3.05) is 0 Å². The van der Waals surface area contributed by atoms with Crippen molar-refractivity contribution in [2.45, 2.75) is 43.8 Å². The van der Waals surface area contributed by atoms with Gasteiger partial charge in [0.2, 0.25) is 5.92 Å². The molecule has 0 heterocycles. The fourth-order valence-corrected chi connectivity index (χ4v) is 2.88. The van der Waals surface area contributed by atoms with Crippen molar-refractivity contribution in [2.24, 2.45) is 5.41 Å². The Labute approximate surface area is 89.4 Å². The van der Waals surface area contributed by atoms with Crippen molar-refractivity contribution in [3.05, 3.63) is 0 Å². The van der Waals surface area contributed by atoms with Crippen LogP contribution in [0.4, 0.5) is 21.7 Å². The lowest BCUT2D eigenvalue weighted by molar-refractivity contribution is -0.150. The van der Waals surface area contributed by atoms with Gasteiger partial charge < -0.3 is 12.9 Å². The van der Waals surface area contributed by atoms with E-state index >= 15 is 0 Å². The third-order valence-electron chi connectivity index (χ3n) is 4.00. The van der Waals surface area contributed by atoms with Gasteiger partial charge in [0, 0.05) is 18.3 Å². The van der Waals surface area contributed by atoms with Crippen LogP contribution in [0, 0.1) is 5.41 Å². The quantitative estimate of drug-likeness (QED) is 0.508. The van der Waals surface area contributed by atoms with Gasteiger partial charge in [-0.2, -0.15) is 0 Å². The van der Waals surface area contributed by atoms with Crippen LogP contribution in [0.25, 0.3) is 0 Å². The van der Waals surface area contributed by atoms with E-state index in [0.717, 1.165) is 0 Å². The molecule has 7 heteroatoms. The Kier molecular flexibility index (Phi) is 2.37. The zero-order valence-corrected chi connectivity index (χ0v) is 8.49. The summed E-state index contributed by atoms with van der Waals surface area (Å²) < 4.78 is 63.6. The van der Waals surface area contributed by atoms with Crippen molar-refractivity contribution < 1.29 is 26.5 Å². The molecule has 2 fully saturated rings. The predicted molar refractivity (Wildman–Crippen MR) is 48.3 cm³/mol. The van der Waals surface area contributed by atoms with E-state index < -0.39 is 49.2 Å². The number of carbonyl (C=O) groups is 1. The molecule has 0 radical (unpaired) electrons. The Morgan fingerprint density at radius 1 is 1.06 bits per heavy atom. The van der Waals surface area contributed by atoms with Crippen molar-refractivity contribution >= 4 is 12.8 Å². The second-order valence-corrected chi connectivity index (χ2v) is 4.87. The Bertz CT molecular complexity index is 314. The molecule has 1 unspecified atom stereocenters. The summed E-state index contributed by atoms with van der Waals surface area (Å²) in [4.78, 5) is 11.3. The molecule has 1 nitrogen and oxygen atoms in total. The first-order valence-corrected chi connectivity index (χ1v) is 5.28. The van der Waals surface area contributed by atoms with Crippen LogP contribution in [-0.4, -0.2) is 18.7 Å². The number of Topliss-reactive ketones (excluding diaryl/α,β-unsaturated/α-hetero) is 1. The third kappa shape index (κ3) is 1.64. The van der Waals surface area contributed by atoms with Gasteiger partial charge in [-0.15, -0.1) is 0 Å². The molecule has 92 valence electrons. The number of alkyl halides is 2. The molecule has 0 aromatic carbocycles. The predicted octanol–water partition coefficient (Wildman–Crippen LogP) is 3.37. The largest absolute Gasteiger partial charge is 0.482 e. The van der Waals surface area contributed by atoms with E-state index in [9.17, 15) is 26.5 Å². The second-order valence-electron chi connectivity index (χ2n) is 4.87. The van der Waals surface area contributed by atoms with E-state index in [1.807, 2.05) is 0 Å². The molecule has 2 saturated carbocycles. The molecular formula is C9H11BF5O-. The number of carbonyl (C=O) groups excluding carboxylic acids is 1. The molecule has 0 aliphatic heterocycles. The van der Waals surface area contributed by atoms with Gasteiger partial charge in [-0.25, -0.2) is 8.78 Å². The Morgan fingerprint density at radius 3 is 1.94 bits per heavy atom. The summed E-state index contributed by atoms with van der Waals surface area (Å²) in [7, 11) is 0. The Hall–Kier alpha value is -0.615. The van der Waals surface area contributed by atoms with Crippen LogP contribution in [0.3, 0.4) is 0 Å². The summed E-state index contributed by atoms with van der Waals surface area (Å²) in [5.41, 5.74) is -1.50. The molecule has 2 rings (SSSR count). The maximum absolute atomic E-state index is 12.9. The van der Waals surface area contributed by atoms with Gasteiger partial charge in [0.15, 0.2) is 0 Å². The van der Waals surface area contributed by atoms with Crippen molar-refractivity contribution in [3.63, 3.8) is 0 Å². The van der Waals surface area contributed by atoms with Crippen LogP contribution >= 0.6 is 0 Å². The van der Waals surface area contributed by atoms with Gasteiger partial charge in [0.05, 0.1) is 0 Å². The highest BCUT2D eigenvalue weighted by Crippen LogP contribution is 2.62. The van der Waals surface area contributed by atoms with Crippen LogP contribution in [0.2, 0.25) is 5.82 Å². The highest BCUT2D eigenvalue weighted by Gasteiger charge is 2.63. The van der Waals surface area contributed by atoms with E-state index in [4.69, 9.17) is 0 Å². The number of hydrogen-bond donors (Lipinski definition) is 0. The van der Waals surface area contributed by atoms with Crippen LogP contribution in [-0.2, 0) is 4.79 Å².